The normalized spacial score (nSPS) is 20.4. The van der Waals surface area contributed by atoms with Crippen molar-refractivity contribution >= 4 is 24.0 Å². The molecule has 1 aliphatic rings. The second-order valence-corrected chi connectivity index (χ2v) is 4.68. The lowest BCUT2D eigenvalue weighted by atomic mass is 10.2. The molecule has 0 saturated carbocycles. The average Bonchev–Trinajstić information content (AvgIpc) is 2.94. The van der Waals surface area contributed by atoms with Gasteiger partial charge in [0.2, 0.25) is 0 Å². The van der Waals surface area contributed by atoms with Crippen LogP contribution in [-0.2, 0) is 9.53 Å². The maximum Gasteiger partial charge on any atom is 0.253 e. The number of hydrogen-bond acceptors (Lipinski definition) is 4. The molecule has 0 bridgehead atoms. The van der Waals surface area contributed by atoms with Crippen molar-refractivity contribution in [3.63, 3.8) is 0 Å². The van der Waals surface area contributed by atoms with Crippen LogP contribution in [0.4, 0.5) is 5.69 Å². The summed E-state index contributed by atoms with van der Waals surface area (Å²) in [6.07, 6.45) is 2.79. The van der Waals surface area contributed by atoms with E-state index in [4.69, 9.17) is 15.2 Å². The molecular weight excluding hydrogens is 292 g/mol. The lowest BCUT2D eigenvalue weighted by molar-refractivity contribution is -0.126. The Balaban J connectivity index is 0.00000220. The summed E-state index contributed by atoms with van der Waals surface area (Å²) in [4.78, 5) is 12.1. The Morgan fingerprint density at radius 2 is 2.33 bits per heavy atom. The van der Waals surface area contributed by atoms with Crippen LogP contribution >= 0.6 is 12.4 Å². The van der Waals surface area contributed by atoms with E-state index in [9.17, 15) is 4.79 Å². The van der Waals surface area contributed by atoms with Gasteiger partial charge in [-0.3, -0.25) is 4.79 Å². The van der Waals surface area contributed by atoms with Crippen LogP contribution in [0.5, 0.6) is 5.75 Å². The number of carbonyl (C=O) groups is 1. The molecule has 0 unspecified atom stereocenters. The molecule has 21 heavy (non-hydrogen) atoms. The first-order chi connectivity index (χ1) is 9.72. The first-order valence-electron chi connectivity index (χ1n) is 6.73. The average molecular weight is 313 g/mol. The molecule has 6 heteroatoms. The number of ether oxygens (including phenoxy) is 2. The molecule has 1 aromatic carbocycles. The summed E-state index contributed by atoms with van der Waals surface area (Å²) in [7, 11) is 0. The smallest absolute Gasteiger partial charge is 0.253 e. The second-order valence-electron chi connectivity index (χ2n) is 4.68. The van der Waals surface area contributed by atoms with Crippen molar-refractivity contribution in [2.45, 2.75) is 25.0 Å². The number of carbonyl (C=O) groups excluding carboxylic acids is 1. The monoisotopic (exact) mass is 312 g/mol. The highest BCUT2D eigenvalue weighted by Gasteiger charge is 2.29. The molecule has 116 valence electrons. The zero-order valence-corrected chi connectivity index (χ0v) is 12.6. The molecule has 0 aliphatic carbocycles. The van der Waals surface area contributed by atoms with Gasteiger partial charge in [0.1, 0.15) is 18.5 Å². The molecule has 1 saturated heterocycles. The van der Waals surface area contributed by atoms with Crippen LogP contribution in [0.3, 0.4) is 0 Å². The maximum atomic E-state index is 12.1. The highest BCUT2D eigenvalue weighted by atomic mass is 35.5. The van der Waals surface area contributed by atoms with E-state index in [2.05, 4.69) is 11.9 Å². The summed E-state index contributed by atoms with van der Waals surface area (Å²) in [5.74, 6) is 0.552. The Labute approximate surface area is 130 Å². The topological polar surface area (TPSA) is 73.6 Å². The number of hydrogen-bond donors (Lipinski definition) is 2. The van der Waals surface area contributed by atoms with Crippen molar-refractivity contribution in [2.75, 3.05) is 18.5 Å². The van der Waals surface area contributed by atoms with E-state index >= 15 is 0 Å². The van der Waals surface area contributed by atoms with Gasteiger partial charge in [-0.2, -0.15) is 0 Å². The number of nitrogens with one attached hydrogen (secondary N) is 1. The third-order valence-electron chi connectivity index (χ3n) is 3.13. The van der Waals surface area contributed by atoms with Crippen molar-refractivity contribution in [2.24, 2.45) is 5.73 Å². The molecule has 2 rings (SSSR count). The lowest BCUT2D eigenvalue weighted by Crippen LogP contribution is -2.29. The van der Waals surface area contributed by atoms with Gasteiger partial charge < -0.3 is 20.5 Å². The van der Waals surface area contributed by atoms with Gasteiger partial charge in [0.15, 0.2) is 0 Å². The van der Waals surface area contributed by atoms with Crippen LogP contribution in [0.1, 0.15) is 12.8 Å². The molecule has 5 nitrogen and oxygen atoms in total. The fourth-order valence-electron chi connectivity index (χ4n) is 2.11. The number of nitrogens with two attached hydrogens (primary N) is 1. The molecule has 0 aromatic heterocycles. The van der Waals surface area contributed by atoms with Crippen LogP contribution in [0.2, 0.25) is 0 Å². The molecule has 1 aromatic rings. The van der Waals surface area contributed by atoms with Gasteiger partial charge in [-0.1, -0.05) is 18.7 Å². The van der Waals surface area contributed by atoms with E-state index in [1.807, 2.05) is 18.2 Å². The van der Waals surface area contributed by atoms with Gasteiger partial charge in [-0.05, 0) is 25.0 Å². The quantitative estimate of drug-likeness (QED) is 0.789. The summed E-state index contributed by atoms with van der Waals surface area (Å²) in [5.41, 5.74) is 6.22. The highest BCUT2D eigenvalue weighted by Crippen LogP contribution is 2.22. The van der Waals surface area contributed by atoms with E-state index in [1.54, 1.807) is 12.1 Å². The minimum atomic E-state index is -0.415. The van der Waals surface area contributed by atoms with Crippen LogP contribution in [0.15, 0.2) is 36.9 Å². The minimum Gasteiger partial charge on any atom is -0.489 e. The van der Waals surface area contributed by atoms with Gasteiger partial charge in [-0.15, -0.1) is 12.4 Å². The van der Waals surface area contributed by atoms with Gasteiger partial charge in [-0.25, -0.2) is 0 Å². The predicted molar refractivity (Wildman–Crippen MR) is 85.0 cm³/mol. The minimum absolute atomic E-state index is 0. The fraction of sp³-hybridized carbons (Fsp3) is 0.400. The predicted octanol–water partition coefficient (Wildman–Crippen LogP) is 2.12. The number of halogens is 1. The van der Waals surface area contributed by atoms with E-state index < -0.39 is 6.10 Å². The summed E-state index contributed by atoms with van der Waals surface area (Å²) < 4.78 is 11.0. The molecule has 1 aliphatic heterocycles. The number of anilines is 1. The number of rotatable bonds is 6. The molecule has 0 spiro atoms. The van der Waals surface area contributed by atoms with Crippen molar-refractivity contribution in [1.29, 1.82) is 0 Å². The Morgan fingerprint density at radius 3 is 3.00 bits per heavy atom. The third-order valence-corrected chi connectivity index (χ3v) is 3.13. The maximum absolute atomic E-state index is 12.1. The van der Waals surface area contributed by atoms with Crippen molar-refractivity contribution in [3.05, 3.63) is 36.9 Å². The van der Waals surface area contributed by atoms with Crippen LogP contribution in [-0.4, -0.2) is 31.3 Å². The largest absolute Gasteiger partial charge is 0.489 e. The molecule has 2 atom stereocenters. The summed E-state index contributed by atoms with van der Waals surface area (Å²) in [5, 5.41) is 2.83. The SMILES string of the molecule is C=CCOc1cccc(NC(=O)[C@@H]2CC[C@H](CN)O2)c1.Cl. The van der Waals surface area contributed by atoms with Gasteiger partial charge in [0.25, 0.3) is 5.91 Å². The Hall–Kier alpha value is -1.56. The summed E-state index contributed by atoms with van der Waals surface area (Å²) in [6, 6.07) is 7.24. The van der Waals surface area contributed by atoms with Crippen molar-refractivity contribution < 1.29 is 14.3 Å². The van der Waals surface area contributed by atoms with Crippen LogP contribution in [0, 0.1) is 0 Å². The van der Waals surface area contributed by atoms with E-state index in [0.717, 1.165) is 6.42 Å². The zero-order chi connectivity index (χ0) is 14.4. The van der Waals surface area contributed by atoms with Crippen LogP contribution < -0.4 is 15.8 Å². The van der Waals surface area contributed by atoms with E-state index in [-0.39, 0.29) is 24.4 Å². The standard InChI is InChI=1S/C15H20N2O3.ClH/c1-2-8-19-12-5-3-4-11(9-12)17-15(18)14-7-6-13(10-16)20-14;/h2-5,9,13-14H,1,6-8,10,16H2,(H,17,18);1H/t13-,14+;/m1./s1. The molecule has 1 amide bonds. The summed E-state index contributed by atoms with van der Waals surface area (Å²) >= 11 is 0. The first-order valence-corrected chi connectivity index (χ1v) is 6.73. The van der Waals surface area contributed by atoms with Gasteiger partial charge in [0.05, 0.1) is 6.10 Å². The fourth-order valence-corrected chi connectivity index (χ4v) is 2.11. The highest BCUT2D eigenvalue weighted by molar-refractivity contribution is 5.94. The third kappa shape index (κ3) is 5.04. The molecule has 1 fully saturated rings. The van der Waals surface area contributed by atoms with Crippen molar-refractivity contribution in [1.82, 2.24) is 0 Å². The molecule has 1 heterocycles. The Kier molecular flexibility index (Phi) is 7.22. The second kappa shape index (κ2) is 8.67. The van der Waals surface area contributed by atoms with Gasteiger partial charge in [0, 0.05) is 18.3 Å². The molecular formula is C15H21ClN2O3. The Morgan fingerprint density at radius 1 is 1.52 bits per heavy atom. The first kappa shape index (κ1) is 17.5. The molecule has 3 N–H and O–H groups in total. The lowest BCUT2D eigenvalue weighted by Gasteiger charge is -2.13. The number of benzene rings is 1. The van der Waals surface area contributed by atoms with Gasteiger partial charge >= 0.3 is 0 Å². The zero-order valence-electron chi connectivity index (χ0n) is 11.8. The molecule has 0 radical (unpaired) electrons. The summed E-state index contributed by atoms with van der Waals surface area (Å²) in [6.45, 7) is 4.48. The van der Waals surface area contributed by atoms with E-state index in [0.29, 0.717) is 31.0 Å². The van der Waals surface area contributed by atoms with Crippen LogP contribution in [0.25, 0.3) is 0 Å². The van der Waals surface area contributed by atoms with E-state index in [1.165, 1.54) is 0 Å². The van der Waals surface area contributed by atoms with Crippen molar-refractivity contribution in [3.8, 4) is 5.75 Å². The Bertz CT molecular complexity index is 482. The number of amides is 1.